The van der Waals surface area contributed by atoms with Gasteiger partial charge < -0.3 is 0 Å². The fourth-order valence-corrected chi connectivity index (χ4v) is 3.07. The van der Waals surface area contributed by atoms with Crippen LogP contribution < -0.4 is 0 Å². The van der Waals surface area contributed by atoms with Gasteiger partial charge in [-0.05, 0) is 11.1 Å². The Hall–Kier alpha value is -2.15. The molecule has 1 aliphatic rings. The highest BCUT2D eigenvalue weighted by molar-refractivity contribution is 5.16. The van der Waals surface area contributed by atoms with Crippen molar-refractivity contribution in [2.24, 2.45) is 5.92 Å². The SMILES string of the molecule is N#CC1CN(Cc2ccccc2)CN(Cc2ccccc2)C1. The van der Waals surface area contributed by atoms with Gasteiger partial charge >= 0.3 is 0 Å². The van der Waals surface area contributed by atoms with Crippen LogP contribution in [0.4, 0.5) is 0 Å². The second-order valence-corrected chi connectivity index (χ2v) is 5.96. The normalized spacial score (nSPS) is 17.2. The van der Waals surface area contributed by atoms with Crippen molar-refractivity contribution < 1.29 is 0 Å². The zero-order valence-corrected chi connectivity index (χ0v) is 12.7. The molecule has 3 heteroatoms. The minimum Gasteiger partial charge on any atom is -0.285 e. The zero-order chi connectivity index (χ0) is 15.2. The summed E-state index contributed by atoms with van der Waals surface area (Å²) in [5.74, 6) is 0.0844. The van der Waals surface area contributed by atoms with Gasteiger partial charge in [-0.1, -0.05) is 60.7 Å². The van der Waals surface area contributed by atoms with Crippen molar-refractivity contribution in [3.63, 3.8) is 0 Å². The molecule has 112 valence electrons. The molecule has 0 aliphatic carbocycles. The van der Waals surface area contributed by atoms with Crippen LogP contribution in [0.1, 0.15) is 11.1 Å². The molecule has 0 amide bonds. The molecule has 0 unspecified atom stereocenters. The number of hydrogen-bond donors (Lipinski definition) is 0. The predicted octanol–water partition coefficient (Wildman–Crippen LogP) is 3.10. The summed E-state index contributed by atoms with van der Waals surface area (Å²) in [7, 11) is 0. The minimum atomic E-state index is 0.0844. The van der Waals surface area contributed by atoms with E-state index in [9.17, 15) is 5.26 Å². The van der Waals surface area contributed by atoms with E-state index in [2.05, 4.69) is 64.4 Å². The van der Waals surface area contributed by atoms with E-state index in [0.29, 0.717) is 0 Å². The summed E-state index contributed by atoms with van der Waals surface area (Å²) in [6.45, 7) is 4.45. The second-order valence-electron chi connectivity index (χ2n) is 5.96. The molecular weight excluding hydrogens is 270 g/mol. The Morgan fingerprint density at radius 2 is 1.27 bits per heavy atom. The first-order valence-corrected chi connectivity index (χ1v) is 7.75. The van der Waals surface area contributed by atoms with Crippen molar-refractivity contribution in [1.29, 1.82) is 5.26 Å². The fraction of sp³-hybridized carbons (Fsp3) is 0.316. The Labute approximate surface area is 132 Å². The number of nitrogens with zero attached hydrogens (tertiary/aromatic N) is 3. The summed E-state index contributed by atoms with van der Waals surface area (Å²) in [6, 6.07) is 23.4. The van der Waals surface area contributed by atoms with Crippen molar-refractivity contribution in [1.82, 2.24) is 9.80 Å². The molecule has 0 radical (unpaired) electrons. The first-order valence-electron chi connectivity index (χ1n) is 7.75. The molecule has 3 rings (SSSR count). The van der Waals surface area contributed by atoms with Crippen LogP contribution in [0.3, 0.4) is 0 Å². The van der Waals surface area contributed by atoms with E-state index in [1.807, 2.05) is 12.1 Å². The van der Waals surface area contributed by atoms with Gasteiger partial charge in [-0.3, -0.25) is 9.80 Å². The quantitative estimate of drug-likeness (QED) is 0.867. The minimum absolute atomic E-state index is 0.0844. The third-order valence-corrected chi connectivity index (χ3v) is 4.04. The third kappa shape index (κ3) is 3.94. The Kier molecular flexibility index (Phi) is 4.85. The zero-order valence-electron chi connectivity index (χ0n) is 12.7. The molecule has 0 aromatic heterocycles. The van der Waals surface area contributed by atoms with Gasteiger partial charge in [-0.15, -0.1) is 0 Å². The fourth-order valence-electron chi connectivity index (χ4n) is 3.07. The lowest BCUT2D eigenvalue weighted by atomic mass is 10.1. The van der Waals surface area contributed by atoms with E-state index >= 15 is 0 Å². The van der Waals surface area contributed by atoms with Gasteiger partial charge in [0.25, 0.3) is 0 Å². The Bertz CT molecular complexity index is 569. The highest BCUT2D eigenvalue weighted by Gasteiger charge is 2.25. The van der Waals surface area contributed by atoms with Gasteiger partial charge in [-0.25, -0.2) is 0 Å². The van der Waals surface area contributed by atoms with Crippen molar-refractivity contribution >= 4 is 0 Å². The van der Waals surface area contributed by atoms with Gasteiger partial charge in [0.2, 0.25) is 0 Å². The van der Waals surface area contributed by atoms with Crippen molar-refractivity contribution in [3.8, 4) is 6.07 Å². The van der Waals surface area contributed by atoms with Gasteiger partial charge in [0.05, 0.1) is 18.7 Å². The molecule has 0 spiro atoms. The van der Waals surface area contributed by atoms with E-state index in [0.717, 1.165) is 32.8 Å². The van der Waals surface area contributed by atoms with Crippen LogP contribution in [0, 0.1) is 17.2 Å². The summed E-state index contributed by atoms with van der Waals surface area (Å²) >= 11 is 0. The molecular formula is C19H21N3. The lowest BCUT2D eigenvalue weighted by Crippen LogP contribution is -2.48. The average Bonchev–Trinajstić information content (AvgIpc) is 2.56. The largest absolute Gasteiger partial charge is 0.285 e. The average molecular weight is 291 g/mol. The smallest absolute Gasteiger partial charge is 0.0718 e. The molecule has 1 heterocycles. The number of benzene rings is 2. The van der Waals surface area contributed by atoms with Gasteiger partial charge in [-0.2, -0.15) is 5.26 Å². The number of nitriles is 1. The Morgan fingerprint density at radius 3 is 1.68 bits per heavy atom. The third-order valence-electron chi connectivity index (χ3n) is 4.04. The maximum Gasteiger partial charge on any atom is 0.0718 e. The van der Waals surface area contributed by atoms with E-state index in [-0.39, 0.29) is 5.92 Å². The van der Waals surface area contributed by atoms with E-state index in [4.69, 9.17) is 0 Å². The molecule has 1 fully saturated rings. The number of rotatable bonds is 4. The molecule has 1 aliphatic heterocycles. The van der Waals surface area contributed by atoms with Gasteiger partial charge in [0.1, 0.15) is 0 Å². The number of hydrogen-bond acceptors (Lipinski definition) is 3. The Morgan fingerprint density at radius 1 is 0.818 bits per heavy atom. The molecule has 0 bridgehead atoms. The molecule has 3 nitrogen and oxygen atoms in total. The maximum absolute atomic E-state index is 9.36. The highest BCUT2D eigenvalue weighted by Crippen LogP contribution is 2.17. The first kappa shape index (κ1) is 14.8. The topological polar surface area (TPSA) is 30.3 Å². The van der Waals surface area contributed by atoms with Crippen molar-refractivity contribution in [2.45, 2.75) is 13.1 Å². The highest BCUT2D eigenvalue weighted by atomic mass is 15.3. The summed E-state index contributed by atoms with van der Waals surface area (Å²) in [5.41, 5.74) is 2.61. The Balaban J connectivity index is 1.66. The molecule has 2 aromatic carbocycles. The monoisotopic (exact) mass is 291 g/mol. The van der Waals surface area contributed by atoms with Crippen molar-refractivity contribution in [3.05, 3.63) is 71.8 Å². The van der Waals surface area contributed by atoms with E-state index in [1.165, 1.54) is 11.1 Å². The van der Waals surface area contributed by atoms with Gasteiger partial charge in [0.15, 0.2) is 0 Å². The summed E-state index contributed by atoms with van der Waals surface area (Å²) in [4.78, 5) is 4.74. The van der Waals surface area contributed by atoms with Crippen LogP contribution in [-0.2, 0) is 13.1 Å². The van der Waals surface area contributed by atoms with Crippen LogP contribution in [0.25, 0.3) is 0 Å². The molecule has 0 N–H and O–H groups in total. The summed E-state index contributed by atoms with van der Waals surface area (Å²) in [5, 5.41) is 9.36. The molecule has 0 saturated carbocycles. The van der Waals surface area contributed by atoms with E-state index in [1.54, 1.807) is 0 Å². The lowest BCUT2D eigenvalue weighted by molar-refractivity contribution is 0.0535. The predicted molar refractivity (Wildman–Crippen MR) is 87.7 cm³/mol. The summed E-state index contributed by atoms with van der Waals surface area (Å²) in [6.07, 6.45) is 0. The van der Waals surface area contributed by atoms with Crippen LogP contribution >= 0.6 is 0 Å². The summed E-state index contributed by atoms with van der Waals surface area (Å²) < 4.78 is 0. The van der Waals surface area contributed by atoms with Crippen LogP contribution in [0.5, 0.6) is 0 Å². The van der Waals surface area contributed by atoms with Crippen LogP contribution in [0.15, 0.2) is 60.7 Å². The molecule has 22 heavy (non-hydrogen) atoms. The van der Waals surface area contributed by atoms with E-state index < -0.39 is 0 Å². The maximum atomic E-state index is 9.36. The van der Waals surface area contributed by atoms with Crippen LogP contribution in [-0.4, -0.2) is 29.6 Å². The van der Waals surface area contributed by atoms with Gasteiger partial charge in [0, 0.05) is 26.2 Å². The molecule has 1 saturated heterocycles. The first-order chi connectivity index (χ1) is 10.8. The van der Waals surface area contributed by atoms with Crippen LogP contribution in [0.2, 0.25) is 0 Å². The second kappa shape index (κ2) is 7.22. The lowest BCUT2D eigenvalue weighted by Gasteiger charge is -2.38. The standard InChI is InChI=1S/C19H21N3/c20-11-19-14-21(12-17-7-3-1-4-8-17)16-22(15-19)13-18-9-5-2-6-10-18/h1-10,19H,12-16H2. The molecule has 0 atom stereocenters. The van der Waals surface area contributed by atoms with Crippen molar-refractivity contribution in [2.75, 3.05) is 19.8 Å². The molecule has 2 aromatic rings.